The van der Waals surface area contributed by atoms with E-state index in [1.54, 1.807) is 6.92 Å². The molecule has 1 amide bonds. The van der Waals surface area contributed by atoms with Crippen molar-refractivity contribution in [3.8, 4) is 0 Å². The Morgan fingerprint density at radius 2 is 2.12 bits per heavy atom. The van der Waals surface area contributed by atoms with Gasteiger partial charge in [0.25, 0.3) is 0 Å². The zero-order valence-electron chi connectivity index (χ0n) is 11.5. The molecule has 4 heteroatoms. The van der Waals surface area contributed by atoms with E-state index in [1.165, 1.54) is 0 Å². The number of carbonyl (C=O) groups is 1. The Morgan fingerprint density at radius 3 is 2.59 bits per heavy atom. The van der Waals surface area contributed by atoms with Crippen LogP contribution >= 0.6 is 0 Å². The van der Waals surface area contributed by atoms with E-state index < -0.39 is 5.60 Å². The van der Waals surface area contributed by atoms with Crippen LogP contribution in [0, 0.1) is 11.8 Å². The second-order valence-corrected chi connectivity index (χ2v) is 5.97. The maximum absolute atomic E-state index is 12.0. The number of nitrogens with one attached hydrogen (secondary N) is 1. The molecule has 0 heterocycles. The Labute approximate surface area is 104 Å². The molecule has 3 unspecified atom stereocenters. The second kappa shape index (κ2) is 5.83. The van der Waals surface area contributed by atoms with Crippen LogP contribution in [0.5, 0.6) is 0 Å². The molecule has 0 bridgehead atoms. The highest BCUT2D eigenvalue weighted by molar-refractivity contribution is 5.79. The number of hydrogen-bond donors (Lipinski definition) is 2. The van der Waals surface area contributed by atoms with E-state index in [-0.39, 0.29) is 11.8 Å². The lowest BCUT2D eigenvalue weighted by atomic mass is 9.97. The molecule has 0 aromatic heterocycles. The molecule has 1 saturated carbocycles. The van der Waals surface area contributed by atoms with Gasteiger partial charge in [-0.25, -0.2) is 0 Å². The highest BCUT2D eigenvalue weighted by Crippen LogP contribution is 2.31. The van der Waals surface area contributed by atoms with Gasteiger partial charge in [-0.3, -0.25) is 4.79 Å². The summed E-state index contributed by atoms with van der Waals surface area (Å²) in [5.41, 5.74) is -0.860. The molecule has 0 spiro atoms. The minimum atomic E-state index is -0.860. The number of aliphatic hydroxyl groups is 1. The van der Waals surface area contributed by atoms with Crippen LogP contribution in [0.3, 0.4) is 0 Å². The van der Waals surface area contributed by atoms with E-state index in [2.05, 4.69) is 12.2 Å². The van der Waals surface area contributed by atoms with E-state index in [0.717, 1.165) is 19.3 Å². The van der Waals surface area contributed by atoms with Gasteiger partial charge >= 0.3 is 0 Å². The molecule has 3 atom stereocenters. The van der Waals surface area contributed by atoms with Gasteiger partial charge in [-0.05, 0) is 39.8 Å². The van der Waals surface area contributed by atoms with E-state index in [4.69, 9.17) is 0 Å². The van der Waals surface area contributed by atoms with Crippen molar-refractivity contribution in [3.63, 3.8) is 0 Å². The zero-order chi connectivity index (χ0) is 13.1. The van der Waals surface area contributed by atoms with Gasteiger partial charge in [-0.2, -0.15) is 0 Å². The number of likely N-dealkylation sites (N-methyl/N-ethyl adjacent to an activating group) is 1. The topological polar surface area (TPSA) is 52.6 Å². The number of rotatable bonds is 5. The predicted octanol–water partition coefficient (Wildman–Crippen LogP) is 0.851. The Bertz CT molecular complexity index is 264. The summed E-state index contributed by atoms with van der Waals surface area (Å²) in [6, 6.07) is 0. The average Bonchev–Trinajstić information content (AvgIpc) is 2.59. The fourth-order valence-electron chi connectivity index (χ4n) is 2.68. The van der Waals surface area contributed by atoms with Crippen molar-refractivity contribution in [1.29, 1.82) is 0 Å². The van der Waals surface area contributed by atoms with Crippen molar-refractivity contribution >= 4 is 5.91 Å². The summed E-state index contributed by atoms with van der Waals surface area (Å²) < 4.78 is 0. The van der Waals surface area contributed by atoms with Gasteiger partial charge in [0.15, 0.2) is 0 Å². The highest BCUT2D eigenvalue weighted by atomic mass is 16.3. The normalized spacial score (nSPS) is 28.1. The van der Waals surface area contributed by atoms with E-state index in [9.17, 15) is 9.90 Å². The van der Waals surface area contributed by atoms with Crippen LogP contribution in [0.4, 0.5) is 0 Å². The van der Waals surface area contributed by atoms with Crippen LogP contribution in [0.2, 0.25) is 0 Å². The van der Waals surface area contributed by atoms with Gasteiger partial charge in [0, 0.05) is 19.0 Å². The summed E-state index contributed by atoms with van der Waals surface area (Å²) in [5.74, 6) is 0.730. The monoisotopic (exact) mass is 242 g/mol. The zero-order valence-corrected chi connectivity index (χ0v) is 11.5. The molecule has 0 radical (unpaired) electrons. The van der Waals surface area contributed by atoms with Gasteiger partial charge in [0.2, 0.25) is 5.91 Å². The lowest BCUT2D eigenvalue weighted by Gasteiger charge is -2.28. The van der Waals surface area contributed by atoms with Crippen LogP contribution in [0.25, 0.3) is 0 Å². The predicted molar refractivity (Wildman–Crippen MR) is 68.7 cm³/mol. The lowest BCUT2D eigenvalue weighted by Crippen LogP contribution is -2.48. The summed E-state index contributed by atoms with van der Waals surface area (Å²) in [6.07, 6.45) is 3.28. The molecular weight excluding hydrogens is 216 g/mol. The van der Waals surface area contributed by atoms with Crippen molar-refractivity contribution < 1.29 is 9.90 Å². The molecule has 100 valence electrons. The molecular formula is C13H26N2O2. The average molecular weight is 242 g/mol. The van der Waals surface area contributed by atoms with Gasteiger partial charge in [0.1, 0.15) is 0 Å². The minimum Gasteiger partial charge on any atom is -0.387 e. The number of hydrogen-bond acceptors (Lipinski definition) is 3. The third kappa shape index (κ3) is 4.64. The van der Waals surface area contributed by atoms with Crippen molar-refractivity contribution in [2.45, 2.75) is 38.7 Å². The molecule has 1 fully saturated rings. The number of carbonyl (C=O) groups excluding carboxylic acids is 1. The largest absolute Gasteiger partial charge is 0.387 e. The molecule has 4 nitrogen and oxygen atoms in total. The van der Waals surface area contributed by atoms with Gasteiger partial charge in [-0.1, -0.05) is 13.3 Å². The summed E-state index contributed by atoms with van der Waals surface area (Å²) >= 11 is 0. The first-order chi connectivity index (χ1) is 7.82. The molecule has 0 aliphatic heterocycles. The molecule has 1 aliphatic carbocycles. The quantitative estimate of drug-likeness (QED) is 0.751. The van der Waals surface area contributed by atoms with Crippen LogP contribution < -0.4 is 5.32 Å². The first-order valence-electron chi connectivity index (χ1n) is 6.46. The molecule has 2 N–H and O–H groups in total. The molecule has 0 saturated heterocycles. The molecule has 0 aromatic rings. The van der Waals surface area contributed by atoms with E-state index >= 15 is 0 Å². The van der Waals surface area contributed by atoms with Gasteiger partial charge in [-0.15, -0.1) is 0 Å². The Kier molecular flexibility index (Phi) is 4.95. The third-order valence-electron chi connectivity index (χ3n) is 3.50. The summed E-state index contributed by atoms with van der Waals surface area (Å²) in [4.78, 5) is 13.9. The number of nitrogens with zero attached hydrogens (tertiary/aromatic N) is 1. The maximum Gasteiger partial charge on any atom is 0.223 e. The maximum atomic E-state index is 12.0. The lowest BCUT2D eigenvalue weighted by molar-refractivity contribution is -0.127. The Hall–Kier alpha value is -0.610. The minimum absolute atomic E-state index is 0.106. The van der Waals surface area contributed by atoms with Crippen LogP contribution in [0.15, 0.2) is 0 Å². The van der Waals surface area contributed by atoms with Crippen LogP contribution in [-0.2, 0) is 4.79 Å². The third-order valence-corrected chi connectivity index (χ3v) is 3.50. The Balaban J connectivity index is 2.37. The smallest absolute Gasteiger partial charge is 0.223 e. The van der Waals surface area contributed by atoms with E-state index in [1.807, 2.05) is 19.0 Å². The second-order valence-electron chi connectivity index (χ2n) is 5.97. The van der Waals surface area contributed by atoms with Crippen LogP contribution in [0.1, 0.15) is 33.1 Å². The van der Waals surface area contributed by atoms with Crippen molar-refractivity contribution in [2.75, 3.05) is 27.2 Å². The van der Waals surface area contributed by atoms with Crippen molar-refractivity contribution in [2.24, 2.45) is 11.8 Å². The van der Waals surface area contributed by atoms with Crippen molar-refractivity contribution in [1.82, 2.24) is 10.2 Å². The summed E-state index contributed by atoms with van der Waals surface area (Å²) in [6.45, 7) is 4.77. The molecule has 1 aliphatic rings. The summed E-state index contributed by atoms with van der Waals surface area (Å²) in [5, 5.41) is 13.0. The van der Waals surface area contributed by atoms with Gasteiger partial charge < -0.3 is 15.3 Å². The fourth-order valence-corrected chi connectivity index (χ4v) is 2.68. The first kappa shape index (κ1) is 14.5. The Morgan fingerprint density at radius 1 is 1.47 bits per heavy atom. The molecule has 0 aromatic carbocycles. The number of amides is 1. The molecule has 17 heavy (non-hydrogen) atoms. The van der Waals surface area contributed by atoms with Crippen molar-refractivity contribution in [3.05, 3.63) is 0 Å². The first-order valence-corrected chi connectivity index (χ1v) is 6.46. The fraction of sp³-hybridized carbons (Fsp3) is 0.923. The molecule has 1 rings (SSSR count). The van der Waals surface area contributed by atoms with Gasteiger partial charge in [0.05, 0.1) is 5.60 Å². The van der Waals surface area contributed by atoms with Crippen LogP contribution in [-0.4, -0.2) is 48.7 Å². The SMILES string of the molecule is CC1CCCC1C(=O)NCC(C)(O)CN(C)C. The summed E-state index contributed by atoms with van der Waals surface area (Å²) in [7, 11) is 3.82. The highest BCUT2D eigenvalue weighted by Gasteiger charge is 2.31. The standard InChI is InChI=1S/C13H26N2O2/c1-10-6-5-7-11(10)12(16)14-8-13(2,17)9-15(3)4/h10-11,17H,5-9H2,1-4H3,(H,14,16). The van der Waals surface area contributed by atoms with E-state index in [0.29, 0.717) is 19.0 Å².